The number of aromatic nitrogens is 2. The molecule has 0 spiro atoms. The van der Waals surface area contributed by atoms with Crippen molar-refractivity contribution in [3.8, 4) is 0 Å². The number of nitro groups is 1. The van der Waals surface area contributed by atoms with Gasteiger partial charge in [0.1, 0.15) is 11.7 Å². The van der Waals surface area contributed by atoms with Crippen molar-refractivity contribution in [2.75, 3.05) is 31.1 Å². The van der Waals surface area contributed by atoms with Gasteiger partial charge in [0.2, 0.25) is 11.7 Å². The minimum atomic E-state index is -0.479. The molecule has 0 aromatic carbocycles. The third kappa shape index (κ3) is 2.82. The van der Waals surface area contributed by atoms with Crippen LogP contribution in [0.1, 0.15) is 12.6 Å². The van der Waals surface area contributed by atoms with Gasteiger partial charge >= 0.3 is 5.69 Å². The Morgan fingerprint density at radius 3 is 2.95 bits per heavy atom. The Balaban J connectivity index is 2.42. The van der Waals surface area contributed by atoms with E-state index in [4.69, 9.17) is 0 Å². The van der Waals surface area contributed by atoms with E-state index in [2.05, 4.69) is 15.7 Å². The molecule has 9 heteroatoms. The van der Waals surface area contributed by atoms with Gasteiger partial charge in [0.15, 0.2) is 0 Å². The molecular weight excluding hydrogens is 276 g/mol. The summed E-state index contributed by atoms with van der Waals surface area (Å²) in [6, 6.07) is -0.479. The number of anilines is 1. The highest BCUT2D eigenvalue weighted by atomic mass is 16.6. The van der Waals surface area contributed by atoms with Crippen molar-refractivity contribution >= 4 is 17.4 Å². The van der Waals surface area contributed by atoms with Crippen LogP contribution in [0.4, 0.5) is 11.5 Å². The normalized spacial score (nSPS) is 18.6. The quantitative estimate of drug-likeness (QED) is 0.576. The fraction of sp³-hybridized carbons (Fsp3) is 0.667. The van der Waals surface area contributed by atoms with Crippen LogP contribution in [0.3, 0.4) is 0 Å². The molecule has 1 saturated heterocycles. The fourth-order valence-electron chi connectivity index (χ4n) is 2.65. The van der Waals surface area contributed by atoms with Crippen molar-refractivity contribution in [1.82, 2.24) is 20.4 Å². The Kier molecular flexibility index (Phi) is 4.41. The van der Waals surface area contributed by atoms with Crippen LogP contribution in [-0.2, 0) is 11.8 Å². The lowest BCUT2D eigenvalue weighted by molar-refractivity contribution is -0.384. The number of nitrogens with one attached hydrogen (secondary N) is 2. The van der Waals surface area contributed by atoms with Gasteiger partial charge in [0, 0.05) is 33.2 Å². The summed E-state index contributed by atoms with van der Waals surface area (Å²) in [4.78, 5) is 24.8. The Morgan fingerprint density at radius 1 is 1.62 bits per heavy atom. The van der Waals surface area contributed by atoms with Crippen molar-refractivity contribution in [3.05, 3.63) is 15.8 Å². The Labute approximate surface area is 122 Å². The minimum Gasteiger partial charge on any atom is -0.355 e. The van der Waals surface area contributed by atoms with E-state index in [-0.39, 0.29) is 11.6 Å². The largest absolute Gasteiger partial charge is 0.355 e. The van der Waals surface area contributed by atoms with E-state index in [0.29, 0.717) is 37.7 Å². The molecule has 0 aliphatic carbocycles. The number of hydrogen-bond donors (Lipinski definition) is 2. The maximum Gasteiger partial charge on any atom is 0.333 e. The summed E-state index contributed by atoms with van der Waals surface area (Å²) < 4.78 is 1.48. The highest BCUT2D eigenvalue weighted by molar-refractivity contribution is 5.86. The van der Waals surface area contributed by atoms with Crippen LogP contribution in [0.5, 0.6) is 0 Å². The first-order valence-corrected chi connectivity index (χ1v) is 6.90. The average Bonchev–Trinajstić information content (AvgIpc) is 2.73. The maximum atomic E-state index is 12.2. The molecule has 1 aromatic rings. The molecule has 2 heterocycles. The van der Waals surface area contributed by atoms with Gasteiger partial charge in [-0.25, -0.2) is 4.68 Å². The van der Waals surface area contributed by atoms with E-state index < -0.39 is 11.0 Å². The van der Waals surface area contributed by atoms with Gasteiger partial charge in [0.25, 0.3) is 0 Å². The number of carbonyl (C=O) groups excluding carboxylic acids is 1. The summed E-state index contributed by atoms with van der Waals surface area (Å²) >= 11 is 0. The number of aryl methyl sites for hydroxylation is 2. The topological polar surface area (TPSA) is 105 Å². The van der Waals surface area contributed by atoms with Gasteiger partial charge in [-0.2, -0.15) is 5.10 Å². The molecule has 0 radical (unpaired) electrons. The smallest absolute Gasteiger partial charge is 0.333 e. The summed E-state index contributed by atoms with van der Waals surface area (Å²) in [5.74, 6) is 0.244. The lowest BCUT2D eigenvalue weighted by atomic mass is 10.1. The highest BCUT2D eigenvalue weighted by Crippen LogP contribution is 2.32. The number of rotatable bonds is 4. The first-order chi connectivity index (χ1) is 9.97. The number of amides is 1. The molecule has 0 bridgehead atoms. The van der Waals surface area contributed by atoms with E-state index >= 15 is 0 Å². The number of hydrogen-bond acceptors (Lipinski definition) is 6. The molecule has 2 N–H and O–H groups in total. The maximum absolute atomic E-state index is 12.2. The highest BCUT2D eigenvalue weighted by Gasteiger charge is 2.36. The van der Waals surface area contributed by atoms with Crippen LogP contribution >= 0.6 is 0 Å². The number of nitrogens with zero attached hydrogens (tertiary/aromatic N) is 4. The van der Waals surface area contributed by atoms with Gasteiger partial charge < -0.3 is 15.5 Å². The molecule has 1 amide bonds. The molecule has 1 unspecified atom stereocenters. The number of carbonyl (C=O) groups is 1. The predicted molar refractivity (Wildman–Crippen MR) is 77.3 cm³/mol. The molecule has 2 rings (SSSR count). The Hall–Kier alpha value is -2.16. The van der Waals surface area contributed by atoms with Crippen molar-refractivity contribution < 1.29 is 9.72 Å². The molecule has 1 aliphatic heterocycles. The van der Waals surface area contributed by atoms with Crippen molar-refractivity contribution in [2.45, 2.75) is 19.9 Å². The Morgan fingerprint density at radius 2 is 2.33 bits per heavy atom. The minimum absolute atomic E-state index is 0.0336. The zero-order valence-electron chi connectivity index (χ0n) is 12.4. The SMILES string of the molecule is CCNC(=O)C1CNCCN1c1c([N+](=O)[O-])c(C)nn1C. The van der Waals surface area contributed by atoms with E-state index in [1.54, 1.807) is 18.9 Å². The number of piperazine rings is 1. The third-order valence-electron chi connectivity index (χ3n) is 3.51. The van der Waals surface area contributed by atoms with Gasteiger partial charge in [0.05, 0.1) is 4.92 Å². The summed E-state index contributed by atoms with van der Waals surface area (Å²) in [5.41, 5.74) is 0.319. The second-order valence-electron chi connectivity index (χ2n) is 4.95. The summed E-state index contributed by atoms with van der Waals surface area (Å²) in [6.07, 6.45) is 0. The third-order valence-corrected chi connectivity index (χ3v) is 3.51. The van der Waals surface area contributed by atoms with Crippen LogP contribution in [0, 0.1) is 17.0 Å². The van der Waals surface area contributed by atoms with Crippen LogP contribution in [0.15, 0.2) is 0 Å². The van der Waals surface area contributed by atoms with E-state index in [9.17, 15) is 14.9 Å². The second-order valence-corrected chi connectivity index (χ2v) is 4.95. The zero-order chi connectivity index (χ0) is 15.6. The van der Waals surface area contributed by atoms with E-state index in [0.717, 1.165) is 0 Å². The molecule has 1 aliphatic rings. The number of likely N-dealkylation sites (N-methyl/N-ethyl adjacent to an activating group) is 1. The van der Waals surface area contributed by atoms with Crippen molar-refractivity contribution in [1.29, 1.82) is 0 Å². The molecule has 1 aromatic heterocycles. The van der Waals surface area contributed by atoms with Gasteiger partial charge in [-0.15, -0.1) is 0 Å². The first-order valence-electron chi connectivity index (χ1n) is 6.90. The van der Waals surface area contributed by atoms with Gasteiger partial charge in [-0.05, 0) is 13.8 Å². The molecule has 21 heavy (non-hydrogen) atoms. The van der Waals surface area contributed by atoms with Gasteiger partial charge in [-0.3, -0.25) is 14.9 Å². The van der Waals surface area contributed by atoms with Crippen LogP contribution in [-0.4, -0.2) is 52.8 Å². The summed E-state index contributed by atoms with van der Waals surface area (Å²) in [6.45, 7) is 5.60. The monoisotopic (exact) mass is 296 g/mol. The molecule has 1 atom stereocenters. The Bertz CT molecular complexity index is 555. The fourth-order valence-corrected chi connectivity index (χ4v) is 2.65. The average molecular weight is 296 g/mol. The molecule has 1 fully saturated rings. The summed E-state index contributed by atoms with van der Waals surface area (Å²) in [5, 5.41) is 21.4. The molecule has 116 valence electrons. The van der Waals surface area contributed by atoms with Crippen LogP contribution < -0.4 is 15.5 Å². The van der Waals surface area contributed by atoms with Crippen molar-refractivity contribution in [2.24, 2.45) is 7.05 Å². The molecule has 9 nitrogen and oxygen atoms in total. The van der Waals surface area contributed by atoms with Gasteiger partial charge in [-0.1, -0.05) is 0 Å². The predicted octanol–water partition coefficient (Wildman–Crippen LogP) is -0.449. The molecule has 0 saturated carbocycles. The van der Waals surface area contributed by atoms with E-state index in [1.165, 1.54) is 4.68 Å². The standard InChI is InChI=1S/C12H20N6O3/c1-4-14-11(19)9-7-13-5-6-17(9)12-10(18(20)21)8(2)15-16(12)3/h9,13H,4-7H2,1-3H3,(H,14,19). The van der Waals surface area contributed by atoms with Crippen molar-refractivity contribution in [3.63, 3.8) is 0 Å². The lowest BCUT2D eigenvalue weighted by Crippen LogP contribution is -2.58. The zero-order valence-corrected chi connectivity index (χ0v) is 12.4. The molecular formula is C12H20N6O3. The lowest BCUT2D eigenvalue weighted by Gasteiger charge is -2.35. The van der Waals surface area contributed by atoms with Crippen LogP contribution in [0.25, 0.3) is 0 Å². The van der Waals surface area contributed by atoms with E-state index in [1.807, 2.05) is 6.92 Å². The second kappa shape index (κ2) is 6.08. The first kappa shape index (κ1) is 15.2. The summed E-state index contributed by atoms with van der Waals surface area (Å²) in [7, 11) is 1.66. The van der Waals surface area contributed by atoms with Crippen LogP contribution in [0.2, 0.25) is 0 Å².